The minimum atomic E-state index is -3.15. The molecular formula is C16H30N4O3S. The maximum Gasteiger partial charge on any atom is 0.211 e. The maximum absolute atomic E-state index is 12.2. The van der Waals surface area contributed by atoms with Gasteiger partial charge in [-0.2, -0.15) is 4.31 Å². The molecule has 8 heteroatoms. The Hall–Kier alpha value is -0.250. The van der Waals surface area contributed by atoms with Crippen molar-refractivity contribution in [3.05, 3.63) is 0 Å². The summed E-state index contributed by atoms with van der Waals surface area (Å²) in [6.07, 6.45) is 3.80. The summed E-state index contributed by atoms with van der Waals surface area (Å²) >= 11 is 0. The summed E-state index contributed by atoms with van der Waals surface area (Å²) in [6.45, 7) is 7.93. The second-order valence-corrected chi connectivity index (χ2v) is 10.1. The number of morpholine rings is 1. The fourth-order valence-electron chi connectivity index (χ4n) is 5.01. The summed E-state index contributed by atoms with van der Waals surface area (Å²) in [5.41, 5.74) is -0.000867. The number of hydrogen-bond acceptors (Lipinski definition) is 6. The molecule has 0 bridgehead atoms. The minimum Gasteiger partial charge on any atom is -0.378 e. The van der Waals surface area contributed by atoms with Crippen LogP contribution >= 0.6 is 0 Å². The molecule has 0 aromatic heterocycles. The highest BCUT2D eigenvalue weighted by Gasteiger charge is 2.56. The number of piperidine rings is 1. The van der Waals surface area contributed by atoms with Crippen molar-refractivity contribution in [3.63, 3.8) is 0 Å². The molecule has 0 radical (unpaired) electrons. The van der Waals surface area contributed by atoms with Crippen molar-refractivity contribution in [2.75, 3.05) is 72.3 Å². The molecule has 24 heavy (non-hydrogen) atoms. The normalized spacial score (nSPS) is 34.2. The van der Waals surface area contributed by atoms with Gasteiger partial charge in [-0.3, -0.25) is 9.80 Å². The van der Waals surface area contributed by atoms with Gasteiger partial charge in [0.1, 0.15) is 0 Å². The molecule has 4 rings (SSSR count). The maximum atomic E-state index is 12.2. The number of fused-ring (bicyclic) bond motifs is 2. The third kappa shape index (κ3) is 3.01. The molecule has 0 aromatic carbocycles. The lowest BCUT2D eigenvalue weighted by atomic mass is 9.81. The first-order chi connectivity index (χ1) is 11.4. The number of likely N-dealkylation sites (tertiary alicyclic amines) is 2. The summed E-state index contributed by atoms with van der Waals surface area (Å²) in [4.78, 5) is 7.55. The first kappa shape index (κ1) is 17.2. The highest BCUT2D eigenvalue weighted by Crippen LogP contribution is 2.38. The van der Waals surface area contributed by atoms with Crippen molar-refractivity contribution in [2.45, 2.75) is 30.5 Å². The van der Waals surface area contributed by atoms with Gasteiger partial charge in [-0.1, -0.05) is 0 Å². The lowest BCUT2D eigenvalue weighted by molar-refractivity contribution is -0.164. The quantitative estimate of drug-likeness (QED) is 0.638. The van der Waals surface area contributed by atoms with Crippen LogP contribution in [-0.2, 0) is 14.8 Å². The zero-order valence-corrected chi connectivity index (χ0v) is 15.7. The Balaban J connectivity index is 1.48. The Bertz CT molecular complexity index is 570. The van der Waals surface area contributed by atoms with E-state index in [-0.39, 0.29) is 11.6 Å². The van der Waals surface area contributed by atoms with E-state index in [1.807, 2.05) is 0 Å². The Morgan fingerprint density at radius 2 is 1.75 bits per heavy atom. The summed E-state index contributed by atoms with van der Waals surface area (Å²) in [5.74, 6) is 0. The van der Waals surface area contributed by atoms with Crippen LogP contribution in [-0.4, -0.2) is 117 Å². The molecule has 0 saturated carbocycles. The molecule has 138 valence electrons. The fraction of sp³-hybridized carbons (Fsp3) is 1.00. The van der Waals surface area contributed by atoms with Gasteiger partial charge in [0.15, 0.2) is 0 Å². The van der Waals surface area contributed by atoms with Crippen LogP contribution in [0, 0.1) is 0 Å². The standard InChI is InChI=1S/C16H30N4O3S/c1-17-5-3-14(4-6-17)18-11-16(12-18)13-19(24(2,21)22)9-15-10-23-8-7-20(15)16/h14-15H,3-13H2,1-2H3. The van der Waals surface area contributed by atoms with E-state index < -0.39 is 10.0 Å². The summed E-state index contributed by atoms with van der Waals surface area (Å²) in [5, 5.41) is 0. The molecule has 0 amide bonds. The van der Waals surface area contributed by atoms with Crippen LogP contribution in [0.4, 0.5) is 0 Å². The van der Waals surface area contributed by atoms with Crippen LogP contribution in [0.3, 0.4) is 0 Å². The third-order valence-corrected chi connectivity index (χ3v) is 7.61. The van der Waals surface area contributed by atoms with E-state index in [2.05, 4.69) is 21.7 Å². The van der Waals surface area contributed by atoms with Gasteiger partial charge < -0.3 is 9.64 Å². The van der Waals surface area contributed by atoms with Crippen LogP contribution in [0.15, 0.2) is 0 Å². The van der Waals surface area contributed by atoms with Crippen molar-refractivity contribution >= 4 is 10.0 Å². The zero-order chi connectivity index (χ0) is 16.9. The van der Waals surface area contributed by atoms with Crippen molar-refractivity contribution in [3.8, 4) is 0 Å². The second-order valence-electron chi connectivity index (χ2n) is 8.14. The topological polar surface area (TPSA) is 56.3 Å². The molecule has 7 nitrogen and oxygen atoms in total. The minimum absolute atomic E-state index is 0.000867. The van der Waals surface area contributed by atoms with Gasteiger partial charge in [0.2, 0.25) is 10.0 Å². The van der Waals surface area contributed by atoms with E-state index in [0.29, 0.717) is 25.7 Å². The lowest BCUT2D eigenvalue weighted by Gasteiger charge is -2.64. The largest absolute Gasteiger partial charge is 0.378 e. The fourth-order valence-corrected chi connectivity index (χ4v) is 5.93. The predicted octanol–water partition coefficient (Wildman–Crippen LogP) is -0.889. The molecule has 0 aliphatic carbocycles. The summed E-state index contributed by atoms with van der Waals surface area (Å²) < 4.78 is 31.6. The van der Waals surface area contributed by atoms with E-state index in [1.54, 1.807) is 4.31 Å². The Labute approximate surface area is 145 Å². The first-order valence-electron chi connectivity index (χ1n) is 9.10. The second kappa shape index (κ2) is 6.17. The van der Waals surface area contributed by atoms with Crippen molar-refractivity contribution in [1.82, 2.24) is 19.0 Å². The molecule has 4 heterocycles. The number of ether oxygens (including phenoxy) is 1. The number of nitrogens with zero attached hydrogens (tertiary/aromatic N) is 4. The van der Waals surface area contributed by atoms with Crippen molar-refractivity contribution in [2.24, 2.45) is 0 Å². The molecule has 1 spiro atoms. The third-order valence-electron chi connectivity index (χ3n) is 6.39. The average molecular weight is 359 g/mol. The monoisotopic (exact) mass is 358 g/mol. The van der Waals surface area contributed by atoms with Gasteiger partial charge in [-0.25, -0.2) is 8.42 Å². The molecular weight excluding hydrogens is 328 g/mol. The van der Waals surface area contributed by atoms with Crippen LogP contribution in [0.5, 0.6) is 0 Å². The van der Waals surface area contributed by atoms with Gasteiger partial charge in [-0.15, -0.1) is 0 Å². The average Bonchev–Trinajstić information content (AvgIpc) is 2.51. The van der Waals surface area contributed by atoms with E-state index in [4.69, 9.17) is 4.74 Å². The van der Waals surface area contributed by atoms with E-state index >= 15 is 0 Å². The summed E-state index contributed by atoms with van der Waals surface area (Å²) in [6, 6.07) is 0.877. The number of piperazine rings is 1. The van der Waals surface area contributed by atoms with Crippen molar-refractivity contribution in [1.29, 1.82) is 0 Å². The van der Waals surface area contributed by atoms with E-state index in [1.165, 1.54) is 32.2 Å². The molecule has 4 aliphatic rings. The van der Waals surface area contributed by atoms with Gasteiger partial charge in [-0.05, 0) is 33.0 Å². The first-order valence-corrected chi connectivity index (χ1v) is 10.9. The summed E-state index contributed by atoms with van der Waals surface area (Å²) in [7, 11) is -0.956. The van der Waals surface area contributed by atoms with E-state index in [0.717, 1.165) is 26.2 Å². The lowest BCUT2D eigenvalue weighted by Crippen LogP contribution is -2.81. The van der Waals surface area contributed by atoms with Gasteiger partial charge >= 0.3 is 0 Å². The smallest absolute Gasteiger partial charge is 0.211 e. The molecule has 4 fully saturated rings. The molecule has 1 unspecified atom stereocenters. The van der Waals surface area contributed by atoms with Crippen molar-refractivity contribution < 1.29 is 13.2 Å². The molecule has 0 N–H and O–H groups in total. The van der Waals surface area contributed by atoms with Crippen LogP contribution < -0.4 is 0 Å². The van der Waals surface area contributed by atoms with Gasteiger partial charge in [0.05, 0.1) is 25.0 Å². The molecule has 1 atom stereocenters. The highest BCUT2D eigenvalue weighted by molar-refractivity contribution is 7.88. The van der Waals surface area contributed by atoms with Crippen LogP contribution in [0.1, 0.15) is 12.8 Å². The van der Waals surface area contributed by atoms with Gasteiger partial charge in [0, 0.05) is 44.8 Å². The Morgan fingerprint density at radius 3 is 2.42 bits per heavy atom. The van der Waals surface area contributed by atoms with Crippen LogP contribution in [0.2, 0.25) is 0 Å². The molecule has 0 aromatic rings. The number of hydrogen-bond donors (Lipinski definition) is 0. The highest BCUT2D eigenvalue weighted by atomic mass is 32.2. The molecule has 4 saturated heterocycles. The SMILES string of the molecule is CN1CCC(N2CC3(C2)CN(S(C)(=O)=O)CC2COCCN23)CC1. The zero-order valence-electron chi connectivity index (χ0n) is 14.9. The van der Waals surface area contributed by atoms with Crippen LogP contribution in [0.25, 0.3) is 0 Å². The Morgan fingerprint density at radius 1 is 1.04 bits per heavy atom. The van der Waals surface area contributed by atoms with E-state index in [9.17, 15) is 8.42 Å². The molecule has 4 aliphatic heterocycles. The number of sulfonamides is 1. The number of rotatable bonds is 2. The Kier molecular flexibility index (Phi) is 4.42. The predicted molar refractivity (Wildman–Crippen MR) is 92.6 cm³/mol. The van der Waals surface area contributed by atoms with Gasteiger partial charge in [0.25, 0.3) is 0 Å².